The molecule has 3 heteroatoms. The zero-order chi connectivity index (χ0) is 13.7. The van der Waals surface area contributed by atoms with Gasteiger partial charge < -0.3 is 15.0 Å². The van der Waals surface area contributed by atoms with E-state index in [1.54, 1.807) is 0 Å². The van der Waals surface area contributed by atoms with Crippen LogP contribution in [0.25, 0.3) is 10.9 Å². The molecule has 0 aliphatic carbocycles. The van der Waals surface area contributed by atoms with Gasteiger partial charge in [0.15, 0.2) is 0 Å². The van der Waals surface area contributed by atoms with E-state index in [0.29, 0.717) is 12.0 Å². The van der Waals surface area contributed by atoms with E-state index in [-0.39, 0.29) is 0 Å². The number of fused-ring (bicyclic) bond motifs is 1. The molecule has 0 aliphatic heterocycles. The molecule has 0 saturated heterocycles. The van der Waals surface area contributed by atoms with Crippen molar-refractivity contribution >= 4 is 10.9 Å². The van der Waals surface area contributed by atoms with Crippen molar-refractivity contribution in [2.24, 2.45) is 5.92 Å². The molecule has 2 rings (SSSR count). The van der Waals surface area contributed by atoms with Gasteiger partial charge >= 0.3 is 0 Å². The van der Waals surface area contributed by atoms with Gasteiger partial charge in [0.1, 0.15) is 0 Å². The van der Waals surface area contributed by atoms with E-state index in [9.17, 15) is 0 Å². The Morgan fingerprint density at radius 1 is 1.26 bits per heavy atom. The van der Waals surface area contributed by atoms with E-state index in [4.69, 9.17) is 4.74 Å². The molecule has 19 heavy (non-hydrogen) atoms. The molecule has 104 valence electrons. The van der Waals surface area contributed by atoms with Crippen molar-refractivity contribution in [1.29, 1.82) is 0 Å². The molecule has 1 aromatic carbocycles. The number of hydrogen-bond donors (Lipinski definition) is 2. The van der Waals surface area contributed by atoms with Crippen LogP contribution in [-0.4, -0.2) is 24.2 Å². The second-order valence-corrected chi connectivity index (χ2v) is 5.25. The quantitative estimate of drug-likeness (QED) is 0.801. The Labute approximate surface area is 115 Å². The minimum absolute atomic E-state index is 0.397. The smallest absolute Gasteiger partial charge is 0.0622 e. The molecule has 2 aromatic rings. The summed E-state index contributed by atoms with van der Waals surface area (Å²) in [7, 11) is 0. The minimum atomic E-state index is 0.397. The minimum Gasteiger partial charge on any atom is -0.380 e. The Morgan fingerprint density at radius 2 is 2.11 bits per heavy atom. The van der Waals surface area contributed by atoms with E-state index >= 15 is 0 Å². The Balaban J connectivity index is 2.02. The van der Waals surface area contributed by atoms with E-state index < -0.39 is 0 Å². The van der Waals surface area contributed by atoms with Crippen LogP contribution in [0.4, 0.5) is 0 Å². The summed E-state index contributed by atoms with van der Waals surface area (Å²) in [4.78, 5) is 3.25. The number of aromatic nitrogens is 1. The summed E-state index contributed by atoms with van der Waals surface area (Å²) in [6.45, 7) is 8.93. The molecule has 0 saturated carbocycles. The second-order valence-electron chi connectivity index (χ2n) is 5.25. The number of hydrogen-bond acceptors (Lipinski definition) is 2. The lowest BCUT2D eigenvalue weighted by atomic mass is 10.0. The molecule has 0 bridgehead atoms. The molecule has 0 fully saturated rings. The lowest BCUT2D eigenvalue weighted by molar-refractivity contribution is 0.108. The Hall–Kier alpha value is -1.32. The molecular weight excluding hydrogens is 236 g/mol. The zero-order valence-corrected chi connectivity index (χ0v) is 12.1. The van der Waals surface area contributed by atoms with Gasteiger partial charge in [0.25, 0.3) is 0 Å². The fraction of sp³-hybridized carbons (Fsp3) is 0.500. The van der Waals surface area contributed by atoms with Crippen molar-refractivity contribution < 1.29 is 4.74 Å². The van der Waals surface area contributed by atoms with Crippen molar-refractivity contribution in [3.05, 3.63) is 36.0 Å². The predicted molar refractivity (Wildman–Crippen MR) is 80.3 cm³/mol. The first kappa shape index (κ1) is 14.1. The highest BCUT2D eigenvalue weighted by Crippen LogP contribution is 2.17. The number of nitrogens with one attached hydrogen (secondary N) is 2. The molecule has 1 unspecified atom stereocenters. The van der Waals surface area contributed by atoms with E-state index in [0.717, 1.165) is 19.8 Å². The summed E-state index contributed by atoms with van der Waals surface area (Å²) < 4.78 is 5.55. The number of rotatable bonds is 7. The maximum absolute atomic E-state index is 5.55. The fourth-order valence-corrected chi connectivity index (χ4v) is 2.28. The lowest BCUT2D eigenvalue weighted by Crippen LogP contribution is -2.37. The monoisotopic (exact) mass is 260 g/mol. The van der Waals surface area contributed by atoms with Crippen molar-refractivity contribution in [2.75, 3.05) is 13.2 Å². The Bertz CT molecular complexity index is 504. The first-order valence-corrected chi connectivity index (χ1v) is 7.08. The normalized spacial score (nSPS) is 13.3. The topological polar surface area (TPSA) is 37.0 Å². The van der Waals surface area contributed by atoms with Crippen LogP contribution in [0.5, 0.6) is 0 Å². The maximum atomic E-state index is 5.55. The highest BCUT2D eigenvalue weighted by molar-refractivity contribution is 5.82. The van der Waals surface area contributed by atoms with Gasteiger partial charge in [-0.05, 0) is 30.5 Å². The lowest BCUT2D eigenvalue weighted by Gasteiger charge is -2.22. The number of aromatic amines is 1. The highest BCUT2D eigenvalue weighted by atomic mass is 16.5. The van der Waals surface area contributed by atoms with Crippen LogP contribution in [-0.2, 0) is 11.3 Å². The standard InChI is InChI=1S/C16H24N2O/c1-4-19-11-16(12(2)3)18-10-13-6-5-7-15-14(13)8-9-17-15/h5-9,12,16-18H,4,10-11H2,1-3H3. The van der Waals surface area contributed by atoms with Gasteiger partial charge in [-0.3, -0.25) is 0 Å². The number of ether oxygens (including phenoxy) is 1. The zero-order valence-electron chi connectivity index (χ0n) is 12.1. The van der Waals surface area contributed by atoms with Gasteiger partial charge in [-0.2, -0.15) is 0 Å². The average Bonchev–Trinajstić information content (AvgIpc) is 2.87. The fourth-order valence-electron chi connectivity index (χ4n) is 2.28. The summed E-state index contributed by atoms with van der Waals surface area (Å²) >= 11 is 0. The van der Waals surface area contributed by atoms with Crippen molar-refractivity contribution in [3.63, 3.8) is 0 Å². The maximum Gasteiger partial charge on any atom is 0.0622 e. The van der Waals surface area contributed by atoms with E-state index in [1.165, 1.54) is 16.5 Å². The van der Waals surface area contributed by atoms with Gasteiger partial charge in [0, 0.05) is 36.3 Å². The van der Waals surface area contributed by atoms with Crippen LogP contribution in [0.15, 0.2) is 30.5 Å². The van der Waals surface area contributed by atoms with Gasteiger partial charge in [0.2, 0.25) is 0 Å². The van der Waals surface area contributed by atoms with Crippen LogP contribution >= 0.6 is 0 Å². The third kappa shape index (κ3) is 3.58. The molecule has 1 heterocycles. The van der Waals surface area contributed by atoms with Crippen LogP contribution < -0.4 is 5.32 Å². The van der Waals surface area contributed by atoms with Crippen LogP contribution in [0.3, 0.4) is 0 Å². The highest BCUT2D eigenvalue weighted by Gasteiger charge is 2.13. The average molecular weight is 260 g/mol. The molecule has 1 aromatic heterocycles. The van der Waals surface area contributed by atoms with E-state index in [2.05, 4.69) is 48.4 Å². The molecule has 1 atom stereocenters. The molecule has 0 aliphatic rings. The largest absolute Gasteiger partial charge is 0.380 e. The summed E-state index contributed by atoms with van der Waals surface area (Å²) in [5.41, 5.74) is 2.53. The predicted octanol–water partition coefficient (Wildman–Crippen LogP) is 3.32. The SMILES string of the molecule is CCOCC(NCc1cccc2[nH]ccc12)C(C)C. The van der Waals surface area contributed by atoms with Crippen molar-refractivity contribution in [3.8, 4) is 0 Å². The first-order chi connectivity index (χ1) is 9.22. The van der Waals surface area contributed by atoms with Crippen molar-refractivity contribution in [2.45, 2.75) is 33.4 Å². The molecule has 0 radical (unpaired) electrons. The molecule has 0 amide bonds. The summed E-state index contributed by atoms with van der Waals surface area (Å²) in [5.74, 6) is 0.567. The Kier molecular flexibility index (Phi) is 5.00. The first-order valence-electron chi connectivity index (χ1n) is 7.08. The molecule has 2 N–H and O–H groups in total. The summed E-state index contributed by atoms with van der Waals surface area (Å²) in [5, 5.41) is 4.91. The van der Waals surface area contributed by atoms with Gasteiger partial charge in [-0.25, -0.2) is 0 Å². The van der Waals surface area contributed by atoms with Gasteiger partial charge in [-0.1, -0.05) is 26.0 Å². The van der Waals surface area contributed by atoms with E-state index in [1.807, 2.05) is 13.1 Å². The molecule has 3 nitrogen and oxygen atoms in total. The van der Waals surface area contributed by atoms with Gasteiger partial charge in [-0.15, -0.1) is 0 Å². The van der Waals surface area contributed by atoms with Crippen LogP contribution in [0, 0.1) is 5.92 Å². The van der Waals surface area contributed by atoms with Crippen LogP contribution in [0.2, 0.25) is 0 Å². The Morgan fingerprint density at radius 3 is 2.84 bits per heavy atom. The molecule has 0 spiro atoms. The number of benzene rings is 1. The van der Waals surface area contributed by atoms with Crippen LogP contribution in [0.1, 0.15) is 26.3 Å². The third-order valence-corrected chi connectivity index (χ3v) is 3.55. The van der Waals surface area contributed by atoms with Gasteiger partial charge in [0.05, 0.1) is 6.61 Å². The third-order valence-electron chi connectivity index (χ3n) is 3.55. The summed E-state index contributed by atoms with van der Waals surface area (Å²) in [6.07, 6.45) is 1.99. The summed E-state index contributed by atoms with van der Waals surface area (Å²) in [6, 6.07) is 8.93. The van der Waals surface area contributed by atoms with Crippen molar-refractivity contribution in [1.82, 2.24) is 10.3 Å². The number of H-pyrrole nitrogens is 1. The second kappa shape index (κ2) is 6.73. The molecular formula is C16H24N2O.